The Balaban J connectivity index is 1.87. The largest absolute Gasteiger partial charge is 0.482 e. The molecule has 3 aromatic rings. The van der Waals surface area contributed by atoms with E-state index in [1.807, 2.05) is 24.3 Å². The summed E-state index contributed by atoms with van der Waals surface area (Å²) in [5, 5.41) is 0.899. The van der Waals surface area contributed by atoms with Crippen LogP contribution in [0.4, 0.5) is 0 Å². The van der Waals surface area contributed by atoms with Gasteiger partial charge in [0.05, 0.1) is 0 Å². The van der Waals surface area contributed by atoms with Crippen molar-refractivity contribution in [2.45, 2.75) is 32.8 Å². The van der Waals surface area contributed by atoms with E-state index in [1.165, 1.54) is 6.07 Å². The molecule has 128 valence electrons. The minimum absolute atomic E-state index is 0.0955. The first-order chi connectivity index (χ1) is 12.1. The molecule has 0 saturated heterocycles. The Morgan fingerprint density at radius 1 is 1.12 bits per heavy atom. The lowest BCUT2D eigenvalue weighted by atomic mass is 10.1. The number of hydrogen-bond donors (Lipinski definition) is 0. The third-order valence-corrected chi connectivity index (χ3v) is 4.06. The first kappa shape index (κ1) is 17.0. The highest BCUT2D eigenvalue weighted by Gasteiger charge is 2.17. The van der Waals surface area contributed by atoms with Crippen molar-refractivity contribution in [3.05, 3.63) is 76.1 Å². The molecule has 0 aliphatic rings. The fourth-order valence-electron chi connectivity index (χ4n) is 2.85. The number of fused-ring (bicyclic) bond motifs is 1. The molecule has 0 fully saturated rings. The summed E-state index contributed by atoms with van der Waals surface area (Å²) < 4.78 is 11.1. The van der Waals surface area contributed by atoms with Crippen molar-refractivity contribution in [3.8, 4) is 5.75 Å². The van der Waals surface area contributed by atoms with Crippen molar-refractivity contribution in [1.82, 2.24) is 0 Å². The third-order valence-electron chi connectivity index (χ3n) is 4.06. The Labute approximate surface area is 146 Å². The molecule has 0 aliphatic carbocycles. The average molecular weight is 336 g/mol. The highest BCUT2D eigenvalue weighted by Crippen LogP contribution is 2.24. The molecule has 25 heavy (non-hydrogen) atoms. The molecule has 0 saturated carbocycles. The molecule has 1 aromatic heterocycles. The first-order valence-electron chi connectivity index (χ1n) is 8.41. The van der Waals surface area contributed by atoms with Crippen LogP contribution in [-0.2, 0) is 6.42 Å². The lowest BCUT2D eigenvalue weighted by Gasteiger charge is -2.14. The van der Waals surface area contributed by atoms with E-state index in [4.69, 9.17) is 9.15 Å². The Hall–Kier alpha value is -2.88. The fraction of sp³-hybridized carbons (Fsp3) is 0.238. The molecular weight excluding hydrogens is 316 g/mol. The maximum atomic E-state index is 12.4. The zero-order valence-electron chi connectivity index (χ0n) is 14.3. The minimum Gasteiger partial charge on any atom is -0.482 e. The van der Waals surface area contributed by atoms with Crippen molar-refractivity contribution in [3.63, 3.8) is 0 Å². The summed E-state index contributed by atoms with van der Waals surface area (Å²) in [5.41, 5.74) is 1.68. The molecule has 1 atom stereocenters. The molecule has 0 bridgehead atoms. The summed E-state index contributed by atoms with van der Waals surface area (Å²) >= 11 is 0. The number of aryl methyl sites for hydroxylation is 1. The Morgan fingerprint density at radius 2 is 1.88 bits per heavy atom. The van der Waals surface area contributed by atoms with Gasteiger partial charge in [0, 0.05) is 23.1 Å². The quantitative estimate of drug-likeness (QED) is 0.495. The molecule has 0 radical (unpaired) electrons. The van der Waals surface area contributed by atoms with Gasteiger partial charge in [-0.05, 0) is 31.0 Å². The van der Waals surface area contributed by atoms with Gasteiger partial charge in [-0.25, -0.2) is 4.79 Å². The number of carbonyl (C=O) groups is 1. The number of hydrogen-bond acceptors (Lipinski definition) is 4. The summed E-state index contributed by atoms with van der Waals surface area (Å²) in [4.78, 5) is 24.2. The van der Waals surface area contributed by atoms with Gasteiger partial charge < -0.3 is 9.15 Å². The zero-order chi connectivity index (χ0) is 17.8. The zero-order valence-corrected chi connectivity index (χ0v) is 14.3. The summed E-state index contributed by atoms with van der Waals surface area (Å²) in [7, 11) is 0. The Bertz CT molecular complexity index is 941. The number of ketones is 1. The normalized spacial score (nSPS) is 12.1. The molecular formula is C21H20O4. The van der Waals surface area contributed by atoms with E-state index >= 15 is 0 Å². The Kier molecular flexibility index (Phi) is 4.98. The van der Waals surface area contributed by atoms with Gasteiger partial charge in [0.15, 0.2) is 6.10 Å². The van der Waals surface area contributed by atoms with Crippen LogP contribution in [0.1, 0.15) is 36.2 Å². The SMILES string of the molecule is CCCc1cc(=O)oc2cc(O[C@@H](C)C(=O)c3ccccc3)ccc12. The molecule has 1 heterocycles. The van der Waals surface area contributed by atoms with Gasteiger partial charge >= 0.3 is 5.63 Å². The van der Waals surface area contributed by atoms with Crippen LogP contribution in [0.5, 0.6) is 5.75 Å². The van der Waals surface area contributed by atoms with Crippen molar-refractivity contribution in [1.29, 1.82) is 0 Å². The van der Waals surface area contributed by atoms with Gasteiger partial charge in [-0.15, -0.1) is 0 Å². The van der Waals surface area contributed by atoms with Crippen molar-refractivity contribution in [2.24, 2.45) is 0 Å². The monoisotopic (exact) mass is 336 g/mol. The van der Waals surface area contributed by atoms with Crippen molar-refractivity contribution in [2.75, 3.05) is 0 Å². The molecule has 4 heteroatoms. The van der Waals surface area contributed by atoms with E-state index < -0.39 is 6.10 Å². The molecule has 4 nitrogen and oxygen atoms in total. The maximum absolute atomic E-state index is 12.4. The van der Waals surface area contributed by atoms with E-state index in [2.05, 4.69) is 6.92 Å². The summed E-state index contributed by atoms with van der Waals surface area (Å²) in [5.74, 6) is 0.406. The molecule has 0 amide bonds. The van der Waals surface area contributed by atoms with Crippen molar-refractivity contribution < 1.29 is 13.9 Å². The molecule has 0 unspecified atom stereocenters. The predicted octanol–water partition coefficient (Wildman–Crippen LogP) is 4.40. The second kappa shape index (κ2) is 7.34. The number of ether oxygens (including phenoxy) is 1. The summed E-state index contributed by atoms with van der Waals surface area (Å²) in [6.45, 7) is 3.78. The molecule has 0 N–H and O–H groups in total. The highest BCUT2D eigenvalue weighted by atomic mass is 16.5. The van der Waals surface area contributed by atoms with Gasteiger partial charge in [-0.3, -0.25) is 4.79 Å². The molecule has 3 rings (SSSR count). The van der Waals surface area contributed by atoms with Crippen LogP contribution in [0, 0.1) is 0 Å². The molecule has 0 spiro atoms. The van der Waals surface area contributed by atoms with E-state index in [0.29, 0.717) is 16.9 Å². The van der Waals surface area contributed by atoms with E-state index in [-0.39, 0.29) is 11.4 Å². The van der Waals surface area contributed by atoms with Crippen LogP contribution < -0.4 is 10.4 Å². The maximum Gasteiger partial charge on any atom is 0.336 e. The van der Waals surface area contributed by atoms with Gasteiger partial charge in [0.1, 0.15) is 11.3 Å². The minimum atomic E-state index is -0.634. The second-order valence-corrected chi connectivity index (χ2v) is 5.99. The standard InChI is InChI=1S/C21H20O4/c1-3-7-16-12-20(22)25-19-13-17(10-11-18(16)19)24-14(2)21(23)15-8-5-4-6-9-15/h4-6,8-14H,3,7H2,1-2H3/t14-/m0/s1. The number of rotatable bonds is 6. The smallest absolute Gasteiger partial charge is 0.336 e. The van der Waals surface area contributed by atoms with E-state index in [9.17, 15) is 9.59 Å². The molecule has 0 aliphatic heterocycles. The van der Waals surface area contributed by atoms with Gasteiger partial charge in [0.25, 0.3) is 0 Å². The van der Waals surface area contributed by atoms with Crippen LogP contribution in [0.3, 0.4) is 0 Å². The van der Waals surface area contributed by atoms with Crippen LogP contribution >= 0.6 is 0 Å². The van der Waals surface area contributed by atoms with Crippen LogP contribution in [0.15, 0.2) is 63.8 Å². The second-order valence-electron chi connectivity index (χ2n) is 5.99. The van der Waals surface area contributed by atoms with Crippen LogP contribution in [-0.4, -0.2) is 11.9 Å². The third kappa shape index (κ3) is 3.79. The number of benzene rings is 2. The fourth-order valence-corrected chi connectivity index (χ4v) is 2.85. The topological polar surface area (TPSA) is 56.5 Å². The predicted molar refractivity (Wildman–Crippen MR) is 97.3 cm³/mol. The first-order valence-corrected chi connectivity index (χ1v) is 8.41. The van der Waals surface area contributed by atoms with Gasteiger partial charge in [-0.2, -0.15) is 0 Å². The van der Waals surface area contributed by atoms with E-state index in [1.54, 1.807) is 31.2 Å². The molecule has 2 aromatic carbocycles. The average Bonchev–Trinajstić information content (AvgIpc) is 2.61. The number of Topliss-reactive ketones (excluding diaryl/α,β-unsaturated/α-hetero) is 1. The van der Waals surface area contributed by atoms with Gasteiger partial charge in [-0.1, -0.05) is 43.7 Å². The number of carbonyl (C=O) groups excluding carboxylic acids is 1. The summed E-state index contributed by atoms with van der Waals surface area (Å²) in [6, 6.07) is 15.9. The van der Waals surface area contributed by atoms with Crippen molar-refractivity contribution >= 4 is 16.8 Å². The summed E-state index contributed by atoms with van der Waals surface area (Å²) in [6.07, 6.45) is 1.12. The van der Waals surface area contributed by atoms with Gasteiger partial charge in [0.2, 0.25) is 5.78 Å². The lowest BCUT2D eigenvalue weighted by Crippen LogP contribution is -2.23. The van der Waals surface area contributed by atoms with E-state index in [0.717, 1.165) is 23.8 Å². The Morgan fingerprint density at radius 3 is 2.60 bits per heavy atom. The highest BCUT2D eigenvalue weighted by molar-refractivity contribution is 5.99. The van der Waals surface area contributed by atoms with Crippen LogP contribution in [0.25, 0.3) is 11.0 Å². The van der Waals surface area contributed by atoms with Crippen LogP contribution in [0.2, 0.25) is 0 Å². The lowest BCUT2D eigenvalue weighted by molar-refractivity contribution is 0.0818.